The lowest BCUT2D eigenvalue weighted by molar-refractivity contribution is 0.488. The molecule has 10 nitrogen and oxygen atoms in total. The van der Waals surface area contributed by atoms with Crippen LogP contribution in [0.25, 0.3) is 195 Å². The Labute approximate surface area is 550 Å². The highest BCUT2D eigenvalue weighted by atomic mass is 16.5. The SMILES string of the molecule is O=c1c2ccccc2c(=O)c2c1ccc1c2oc2cccc3c2c1c1cccc2oc4c(ccc5c(=O)c6ccccc6c(=O)c54)c3c21.c1ccc(Oc2cc3c(oc4cccc5c4c3c3cccc4oc6c7ccccc7c(Oc7ccccc7)cc6c5c43)c3ccccc23)cc1. The van der Waals surface area contributed by atoms with Crippen molar-refractivity contribution >= 4 is 195 Å². The minimum atomic E-state index is -0.252. The summed E-state index contributed by atoms with van der Waals surface area (Å²) in [5.41, 5.74) is 4.19. The minimum Gasteiger partial charge on any atom is -0.457 e. The highest BCUT2D eigenvalue weighted by Gasteiger charge is 2.27. The van der Waals surface area contributed by atoms with Crippen LogP contribution in [0.5, 0.6) is 23.0 Å². The van der Waals surface area contributed by atoms with E-state index in [1.165, 1.54) is 0 Å². The molecule has 22 aromatic rings. The van der Waals surface area contributed by atoms with Gasteiger partial charge in [-0.2, -0.15) is 0 Å². The smallest absolute Gasteiger partial charge is 0.198 e. The fourth-order valence-electron chi connectivity index (χ4n) is 16.0. The molecule has 4 heterocycles. The van der Waals surface area contributed by atoms with Gasteiger partial charge in [0.15, 0.2) is 21.7 Å². The van der Waals surface area contributed by atoms with Gasteiger partial charge in [-0.3, -0.25) is 19.2 Å². The molecule has 22 rings (SSSR count). The first kappa shape index (κ1) is 54.0. The Morgan fingerprint density at radius 1 is 0.184 bits per heavy atom. The molecule has 10 heteroatoms. The van der Waals surface area contributed by atoms with E-state index in [0.29, 0.717) is 65.4 Å². The molecule has 0 atom stereocenters. The van der Waals surface area contributed by atoms with Crippen molar-refractivity contribution in [1.29, 1.82) is 0 Å². The first-order chi connectivity index (χ1) is 48.3. The zero-order valence-corrected chi connectivity index (χ0v) is 51.5. The Hall–Kier alpha value is -13.4. The molecule has 0 unspecified atom stereocenters. The third-order valence-corrected chi connectivity index (χ3v) is 20.1. The number of hydrogen-bond acceptors (Lipinski definition) is 10. The zero-order chi connectivity index (χ0) is 64.8. The molecule has 0 aliphatic rings. The van der Waals surface area contributed by atoms with Crippen LogP contribution >= 0.6 is 0 Å². The molecule has 0 radical (unpaired) electrons. The molecular formula is C88H44O10. The van der Waals surface area contributed by atoms with Crippen molar-refractivity contribution < 1.29 is 27.1 Å². The third-order valence-electron chi connectivity index (χ3n) is 20.1. The van der Waals surface area contributed by atoms with Crippen LogP contribution in [-0.2, 0) is 0 Å². The molecule has 0 fully saturated rings. The maximum Gasteiger partial charge on any atom is 0.198 e. The zero-order valence-electron chi connectivity index (χ0n) is 51.5. The molecule has 98 heavy (non-hydrogen) atoms. The minimum absolute atomic E-state index is 0.212. The lowest BCUT2D eigenvalue weighted by Crippen LogP contribution is -2.13. The second kappa shape index (κ2) is 20.0. The topological polar surface area (TPSA) is 139 Å². The second-order valence-corrected chi connectivity index (χ2v) is 25.2. The van der Waals surface area contributed by atoms with E-state index in [0.717, 1.165) is 142 Å². The molecule has 0 spiro atoms. The lowest BCUT2D eigenvalue weighted by atomic mass is 9.89. The van der Waals surface area contributed by atoms with Crippen LogP contribution in [0.2, 0.25) is 0 Å². The maximum atomic E-state index is 14.0. The molecule has 0 aliphatic carbocycles. The van der Waals surface area contributed by atoms with Crippen molar-refractivity contribution in [3.63, 3.8) is 0 Å². The number of hydrogen-bond donors (Lipinski definition) is 0. The Bertz CT molecular complexity index is 7130. The van der Waals surface area contributed by atoms with Crippen molar-refractivity contribution in [3.05, 3.63) is 308 Å². The number of fused-ring (bicyclic) bond motifs is 22. The number of rotatable bonds is 4. The predicted molar refractivity (Wildman–Crippen MR) is 398 cm³/mol. The van der Waals surface area contributed by atoms with Gasteiger partial charge in [-0.25, -0.2) is 0 Å². The van der Waals surface area contributed by atoms with Crippen molar-refractivity contribution in [2.24, 2.45) is 0 Å². The van der Waals surface area contributed by atoms with E-state index in [1.54, 1.807) is 60.7 Å². The molecule has 0 saturated carbocycles. The van der Waals surface area contributed by atoms with E-state index in [2.05, 4.69) is 84.9 Å². The molecule has 0 amide bonds. The Morgan fingerprint density at radius 2 is 0.459 bits per heavy atom. The van der Waals surface area contributed by atoms with Crippen molar-refractivity contribution in [2.75, 3.05) is 0 Å². The van der Waals surface area contributed by atoms with Crippen molar-refractivity contribution in [2.45, 2.75) is 0 Å². The summed E-state index contributed by atoms with van der Waals surface area (Å²) in [5, 5.41) is 21.7. The van der Waals surface area contributed by atoms with E-state index in [-0.39, 0.29) is 32.5 Å². The van der Waals surface area contributed by atoms with Gasteiger partial charge >= 0.3 is 0 Å². The summed E-state index contributed by atoms with van der Waals surface area (Å²) in [6, 6.07) is 86.0. The average molecular weight is 1260 g/mol. The predicted octanol–water partition coefficient (Wildman–Crippen LogP) is 22.4. The Balaban J connectivity index is 0.000000129. The lowest BCUT2D eigenvalue weighted by Gasteiger charge is -2.19. The summed E-state index contributed by atoms with van der Waals surface area (Å²) >= 11 is 0. The second-order valence-electron chi connectivity index (χ2n) is 25.2. The maximum absolute atomic E-state index is 14.0. The summed E-state index contributed by atoms with van der Waals surface area (Å²) < 4.78 is 40.3. The molecule has 0 bridgehead atoms. The Kier molecular flexibility index (Phi) is 11.0. The average Bonchev–Trinajstić information content (AvgIpc) is 0.695. The molecular weight excluding hydrogens is 1220 g/mol. The summed E-state index contributed by atoms with van der Waals surface area (Å²) in [5.74, 6) is 3.11. The normalized spacial score (nSPS) is 12.2. The quantitative estimate of drug-likeness (QED) is 0.124. The van der Waals surface area contributed by atoms with E-state index in [4.69, 9.17) is 27.1 Å². The number of benzene rings is 18. The number of ether oxygens (including phenoxy) is 2. The first-order valence-corrected chi connectivity index (χ1v) is 32.3. The van der Waals surface area contributed by atoms with Gasteiger partial charge in [-0.1, -0.05) is 182 Å². The van der Waals surface area contributed by atoms with Crippen molar-refractivity contribution in [3.8, 4) is 23.0 Å². The van der Waals surface area contributed by atoms with Gasteiger partial charge in [-0.15, -0.1) is 0 Å². The third kappa shape index (κ3) is 7.39. The summed E-state index contributed by atoms with van der Waals surface area (Å²) in [7, 11) is 0. The van der Waals surface area contributed by atoms with E-state index >= 15 is 0 Å². The molecule has 0 N–H and O–H groups in total. The van der Waals surface area contributed by atoms with E-state index < -0.39 is 0 Å². The van der Waals surface area contributed by atoms with E-state index in [9.17, 15) is 19.2 Å². The monoisotopic (exact) mass is 1260 g/mol. The van der Waals surface area contributed by atoms with Crippen LogP contribution in [0.15, 0.2) is 304 Å². The molecule has 0 aliphatic heterocycles. The summed E-state index contributed by atoms with van der Waals surface area (Å²) in [4.78, 5) is 55.1. The van der Waals surface area contributed by atoms with Gasteiger partial charge in [0, 0.05) is 118 Å². The molecule has 18 aromatic carbocycles. The standard InChI is InChI=1S/C46H26O4.C42H18O6/c1-3-13-27(14-4-1)47-39-25-35-41-33-21-11-24-38-44(33)42(34-22-12-23-37(43(34)41)49-45(35)31-19-9-7-17-29(31)39)36-26-40(48-28-15-5-2-6-16-28)30-18-8-10-20-32(30)46(36)50-38;43-37-19-7-1-3-9-21(19)39(45)35-25(37)15-17-27-31-23-11-6-14-30-34(23)32(24-12-5-13-29(33(24)31)47-41(27)35)28-18-16-26-36(42(28)48-30)40(46)22-10-4-2-8-20(22)38(26)44/h1-26H;1-18H. The first-order valence-electron chi connectivity index (χ1n) is 32.3. The summed E-state index contributed by atoms with van der Waals surface area (Å²) in [6.45, 7) is 0. The van der Waals surface area contributed by atoms with Crippen LogP contribution < -0.4 is 31.2 Å². The molecule has 4 aromatic heterocycles. The van der Waals surface area contributed by atoms with Gasteiger partial charge in [0.05, 0.1) is 10.8 Å². The van der Waals surface area contributed by atoms with Gasteiger partial charge in [0.2, 0.25) is 0 Å². The van der Waals surface area contributed by atoms with Crippen LogP contribution in [0.4, 0.5) is 0 Å². The Morgan fingerprint density at radius 3 is 0.816 bits per heavy atom. The molecule has 456 valence electrons. The highest BCUT2D eigenvalue weighted by molar-refractivity contribution is 6.43. The summed E-state index contributed by atoms with van der Waals surface area (Å²) in [6.07, 6.45) is 0. The van der Waals surface area contributed by atoms with Crippen LogP contribution in [0.3, 0.4) is 0 Å². The highest BCUT2D eigenvalue weighted by Crippen LogP contribution is 2.52. The van der Waals surface area contributed by atoms with Crippen LogP contribution in [-0.4, -0.2) is 0 Å². The largest absolute Gasteiger partial charge is 0.457 e. The van der Waals surface area contributed by atoms with E-state index in [1.807, 2.05) is 121 Å². The van der Waals surface area contributed by atoms with Gasteiger partial charge in [0.1, 0.15) is 67.7 Å². The van der Waals surface area contributed by atoms with Gasteiger partial charge < -0.3 is 27.1 Å². The fourth-order valence-corrected chi connectivity index (χ4v) is 16.0. The van der Waals surface area contributed by atoms with Gasteiger partial charge in [0.25, 0.3) is 0 Å². The van der Waals surface area contributed by atoms with Crippen molar-refractivity contribution in [1.82, 2.24) is 0 Å². The van der Waals surface area contributed by atoms with Crippen LogP contribution in [0.1, 0.15) is 0 Å². The van der Waals surface area contributed by atoms with Gasteiger partial charge in [-0.05, 0) is 106 Å². The fraction of sp³-hybridized carbons (Fsp3) is 0. The number of para-hydroxylation sites is 2. The molecule has 0 saturated heterocycles. The van der Waals surface area contributed by atoms with Crippen LogP contribution in [0, 0.1) is 0 Å².